The van der Waals surface area contributed by atoms with Crippen LogP contribution < -0.4 is 0 Å². The van der Waals surface area contributed by atoms with Gasteiger partial charge in [0.05, 0.1) is 0 Å². The molecule has 0 N–H and O–H groups in total. The average Bonchev–Trinajstić information content (AvgIpc) is 3.04. The molecule has 0 saturated heterocycles. The number of aryl methyl sites for hydroxylation is 1. The first-order valence-corrected chi connectivity index (χ1v) is 7.57. The van der Waals surface area contributed by atoms with Gasteiger partial charge in [0, 0.05) is 0 Å². The van der Waals surface area contributed by atoms with Gasteiger partial charge in [0.1, 0.15) is 12.4 Å². The number of benzene rings is 2. The molecular weight excluding hydrogens is 323 g/mol. The number of nitrogens with zero attached hydrogens (tertiary/aromatic N) is 4. The molecule has 0 atom stereocenters. The lowest BCUT2D eigenvalue weighted by atomic mass is 10.2. The standard InChI is InChI=1S/C18H15FN4O2/c1-13-20-21-22-23(13)17(11-14-6-3-2-4-7-14)18(24)25-12-15-8-5-9-16(19)10-15/h2-11H,12H2,1H3. The summed E-state index contributed by atoms with van der Waals surface area (Å²) < 4.78 is 19.8. The van der Waals surface area contributed by atoms with Crippen LogP contribution >= 0.6 is 0 Å². The highest BCUT2D eigenvalue weighted by molar-refractivity contribution is 6.15. The van der Waals surface area contributed by atoms with Crippen LogP contribution in [0.2, 0.25) is 0 Å². The predicted molar refractivity (Wildman–Crippen MR) is 89.4 cm³/mol. The fraction of sp³-hybridized carbons (Fsp3) is 0.111. The fourth-order valence-corrected chi connectivity index (χ4v) is 2.22. The zero-order valence-electron chi connectivity index (χ0n) is 13.5. The number of halogens is 1. The summed E-state index contributed by atoms with van der Waals surface area (Å²) in [6.45, 7) is 1.63. The number of esters is 1. The van der Waals surface area contributed by atoms with Crippen LogP contribution in [0.1, 0.15) is 17.0 Å². The van der Waals surface area contributed by atoms with Gasteiger partial charge in [-0.05, 0) is 46.7 Å². The highest BCUT2D eigenvalue weighted by Gasteiger charge is 2.18. The molecule has 6 nitrogen and oxygen atoms in total. The van der Waals surface area contributed by atoms with Crippen molar-refractivity contribution in [2.24, 2.45) is 0 Å². The largest absolute Gasteiger partial charge is 0.456 e. The molecule has 0 fully saturated rings. The lowest BCUT2D eigenvalue weighted by Gasteiger charge is -2.09. The van der Waals surface area contributed by atoms with Crippen molar-refractivity contribution in [3.63, 3.8) is 0 Å². The lowest BCUT2D eigenvalue weighted by molar-refractivity contribution is -0.138. The first-order chi connectivity index (χ1) is 12.1. The SMILES string of the molecule is Cc1nnnn1C(=Cc1ccccc1)C(=O)OCc1cccc(F)c1. The number of carbonyl (C=O) groups excluding carboxylic acids is 1. The quantitative estimate of drug-likeness (QED) is 0.528. The molecule has 1 aromatic heterocycles. The maximum atomic E-state index is 13.2. The number of hydrogen-bond acceptors (Lipinski definition) is 5. The Balaban J connectivity index is 1.85. The Bertz CT molecular complexity index is 906. The van der Waals surface area contributed by atoms with Gasteiger partial charge in [0.15, 0.2) is 11.5 Å². The summed E-state index contributed by atoms with van der Waals surface area (Å²) in [6, 6.07) is 15.2. The Kier molecular flexibility index (Phi) is 4.94. The van der Waals surface area contributed by atoms with Crippen molar-refractivity contribution in [1.29, 1.82) is 0 Å². The number of ether oxygens (including phenoxy) is 1. The van der Waals surface area contributed by atoms with Gasteiger partial charge in [-0.3, -0.25) is 0 Å². The maximum absolute atomic E-state index is 13.2. The smallest absolute Gasteiger partial charge is 0.357 e. The van der Waals surface area contributed by atoms with Gasteiger partial charge in [-0.15, -0.1) is 5.10 Å². The van der Waals surface area contributed by atoms with Crippen molar-refractivity contribution in [2.75, 3.05) is 0 Å². The minimum Gasteiger partial charge on any atom is -0.456 e. The molecule has 1 heterocycles. The predicted octanol–water partition coefficient (Wildman–Crippen LogP) is 2.86. The van der Waals surface area contributed by atoms with Crippen LogP contribution in [0.3, 0.4) is 0 Å². The van der Waals surface area contributed by atoms with Crippen LogP contribution in [-0.4, -0.2) is 26.2 Å². The van der Waals surface area contributed by atoms with E-state index < -0.39 is 5.97 Å². The molecule has 7 heteroatoms. The zero-order chi connectivity index (χ0) is 17.6. The number of aromatic nitrogens is 4. The molecule has 0 unspecified atom stereocenters. The van der Waals surface area contributed by atoms with E-state index in [0.29, 0.717) is 11.4 Å². The molecule has 25 heavy (non-hydrogen) atoms. The summed E-state index contributed by atoms with van der Waals surface area (Å²) in [5.74, 6) is -0.543. The second-order valence-electron chi connectivity index (χ2n) is 5.28. The molecule has 0 radical (unpaired) electrons. The summed E-state index contributed by atoms with van der Waals surface area (Å²) in [4.78, 5) is 12.6. The van der Waals surface area contributed by atoms with Crippen LogP contribution in [0.15, 0.2) is 54.6 Å². The summed E-state index contributed by atoms with van der Waals surface area (Å²) in [5, 5.41) is 11.2. The van der Waals surface area contributed by atoms with Gasteiger partial charge >= 0.3 is 5.97 Å². The first-order valence-electron chi connectivity index (χ1n) is 7.57. The number of rotatable bonds is 5. The third-order valence-corrected chi connectivity index (χ3v) is 3.42. The maximum Gasteiger partial charge on any atom is 0.357 e. The van der Waals surface area contributed by atoms with E-state index in [1.165, 1.54) is 16.8 Å². The van der Waals surface area contributed by atoms with E-state index in [0.717, 1.165) is 5.56 Å². The molecule has 0 aliphatic rings. The van der Waals surface area contributed by atoms with Crippen LogP contribution in [0.5, 0.6) is 0 Å². The molecule has 0 spiro atoms. The second kappa shape index (κ2) is 7.48. The lowest BCUT2D eigenvalue weighted by Crippen LogP contribution is -2.15. The Morgan fingerprint density at radius 2 is 2.00 bits per heavy atom. The van der Waals surface area contributed by atoms with E-state index in [1.54, 1.807) is 25.1 Å². The zero-order valence-corrected chi connectivity index (χ0v) is 13.5. The van der Waals surface area contributed by atoms with E-state index in [-0.39, 0.29) is 18.1 Å². The molecule has 3 rings (SSSR count). The third kappa shape index (κ3) is 4.14. The molecule has 0 aliphatic heterocycles. The number of hydrogen-bond donors (Lipinski definition) is 0. The van der Waals surface area contributed by atoms with Crippen molar-refractivity contribution < 1.29 is 13.9 Å². The summed E-state index contributed by atoms with van der Waals surface area (Å²) in [6.07, 6.45) is 1.64. The van der Waals surface area contributed by atoms with Gasteiger partial charge in [-0.25, -0.2) is 9.18 Å². The molecular formula is C18H15FN4O2. The highest BCUT2D eigenvalue weighted by Crippen LogP contribution is 2.15. The highest BCUT2D eigenvalue weighted by atomic mass is 19.1. The molecule has 0 amide bonds. The van der Waals surface area contributed by atoms with E-state index in [1.807, 2.05) is 30.3 Å². The summed E-state index contributed by atoms with van der Waals surface area (Å²) >= 11 is 0. The second-order valence-corrected chi connectivity index (χ2v) is 5.28. The Labute approximate surface area is 143 Å². The Morgan fingerprint density at radius 1 is 1.20 bits per heavy atom. The third-order valence-electron chi connectivity index (χ3n) is 3.42. The van der Waals surface area contributed by atoms with Gasteiger partial charge in [-0.1, -0.05) is 42.5 Å². The van der Waals surface area contributed by atoms with E-state index in [2.05, 4.69) is 15.5 Å². The van der Waals surface area contributed by atoms with Crippen LogP contribution in [0.25, 0.3) is 11.8 Å². The molecule has 0 aliphatic carbocycles. The molecule has 126 valence electrons. The monoisotopic (exact) mass is 338 g/mol. The van der Waals surface area contributed by atoms with Crippen molar-refractivity contribution >= 4 is 17.7 Å². The van der Waals surface area contributed by atoms with Gasteiger partial charge in [0.2, 0.25) is 0 Å². The molecule has 2 aromatic carbocycles. The molecule has 3 aromatic rings. The van der Waals surface area contributed by atoms with Crippen molar-refractivity contribution in [1.82, 2.24) is 20.2 Å². The average molecular weight is 338 g/mol. The number of carbonyl (C=O) groups is 1. The van der Waals surface area contributed by atoms with Gasteiger partial charge in [-0.2, -0.15) is 4.68 Å². The normalized spacial score (nSPS) is 11.4. The van der Waals surface area contributed by atoms with Crippen LogP contribution in [0.4, 0.5) is 4.39 Å². The van der Waals surface area contributed by atoms with Crippen molar-refractivity contribution in [3.05, 3.63) is 77.4 Å². The minimum atomic E-state index is -0.608. The Morgan fingerprint density at radius 3 is 2.68 bits per heavy atom. The van der Waals surface area contributed by atoms with E-state index in [9.17, 15) is 9.18 Å². The van der Waals surface area contributed by atoms with E-state index in [4.69, 9.17) is 4.74 Å². The Hall–Kier alpha value is -3.35. The van der Waals surface area contributed by atoms with Crippen LogP contribution in [0, 0.1) is 12.7 Å². The van der Waals surface area contributed by atoms with Crippen molar-refractivity contribution in [3.8, 4) is 0 Å². The van der Waals surface area contributed by atoms with Gasteiger partial charge < -0.3 is 4.74 Å². The van der Waals surface area contributed by atoms with Gasteiger partial charge in [0.25, 0.3) is 0 Å². The van der Waals surface area contributed by atoms with E-state index >= 15 is 0 Å². The first kappa shape index (κ1) is 16.5. The van der Waals surface area contributed by atoms with Crippen molar-refractivity contribution in [2.45, 2.75) is 13.5 Å². The van der Waals surface area contributed by atoms with Crippen LogP contribution in [-0.2, 0) is 16.1 Å². The topological polar surface area (TPSA) is 69.9 Å². The summed E-state index contributed by atoms with van der Waals surface area (Å²) in [5.41, 5.74) is 1.53. The minimum absolute atomic E-state index is 0.0517. The molecule has 0 saturated carbocycles. The summed E-state index contributed by atoms with van der Waals surface area (Å²) in [7, 11) is 0. The number of tetrazole rings is 1. The molecule has 0 bridgehead atoms. The fourth-order valence-electron chi connectivity index (χ4n) is 2.22.